The number of ether oxygens (including phenoxy) is 2. The van der Waals surface area contributed by atoms with Crippen LogP contribution in [0.3, 0.4) is 0 Å². The van der Waals surface area contributed by atoms with Crippen LogP contribution in [0.4, 0.5) is 0 Å². The number of hydrogen-bond donors (Lipinski definition) is 2. The van der Waals surface area contributed by atoms with Crippen molar-refractivity contribution in [3.8, 4) is 11.8 Å². The van der Waals surface area contributed by atoms with E-state index in [0.717, 1.165) is 5.56 Å². The molecule has 0 aliphatic carbocycles. The number of rotatable bonds is 6. The standard InChI is InChI=1S/C14H18N2O3/c15-5-7-19-13-3-1-2-12(8-13)9-16-10-14(17)4-6-18-11-14/h1-3,8,16-17H,4,6-7,9-11H2. The number of nitrogens with zero attached hydrogens (tertiary/aromatic N) is 1. The van der Waals surface area contributed by atoms with Gasteiger partial charge in [-0.2, -0.15) is 5.26 Å². The molecular weight excluding hydrogens is 244 g/mol. The Morgan fingerprint density at radius 1 is 1.53 bits per heavy atom. The van der Waals surface area contributed by atoms with Crippen LogP contribution < -0.4 is 10.1 Å². The maximum absolute atomic E-state index is 10.1. The van der Waals surface area contributed by atoms with Crippen LogP contribution in [0.15, 0.2) is 24.3 Å². The highest BCUT2D eigenvalue weighted by molar-refractivity contribution is 5.28. The minimum absolute atomic E-state index is 0.0496. The zero-order valence-corrected chi connectivity index (χ0v) is 10.8. The fourth-order valence-electron chi connectivity index (χ4n) is 2.04. The minimum atomic E-state index is -0.741. The minimum Gasteiger partial charge on any atom is -0.479 e. The summed E-state index contributed by atoms with van der Waals surface area (Å²) in [6.45, 7) is 2.22. The fourth-order valence-corrected chi connectivity index (χ4v) is 2.04. The summed E-state index contributed by atoms with van der Waals surface area (Å²) in [7, 11) is 0. The molecule has 0 amide bonds. The highest BCUT2D eigenvalue weighted by Gasteiger charge is 2.31. The molecule has 1 aliphatic heterocycles. The Morgan fingerprint density at radius 2 is 2.42 bits per heavy atom. The molecule has 1 aromatic carbocycles. The first-order valence-corrected chi connectivity index (χ1v) is 6.31. The predicted molar refractivity (Wildman–Crippen MR) is 69.6 cm³/mol. The first-order valence-electron chi connectivity index (χ1n) is 6.31. The Labute approximate surface area is 112 Å². The van der Waals surface area contributed by atoms with E-state index in [4.69, 9.17) is 14.7 Å². The zero-order valence-electron chi connectivity index (χ0n) is 10.8. The van der Waals surface area contributed by atoms with Crippen molar-refractivity contribution in [1.29, 1.82) is 5.26 Å². The highest BCUT2D eigenvalue weighted by atomic mass is 16.5. The summed E-state index contributed by atoms with van der Waals surface area (Å²) in [6.07, 6.45) is 0.672. The van der Waals surface area contributed by atoms with Crippen molar-refractivity contribution < 1.29 is 14.6 Å². The van der Waals surface area contributed by atoms with Gasteiger partial charge in [-0.3, -0.25) is 0 Å². The molecular formula is C14H18N2O3. The molecule has 0 saturated carbocycles. The lowest BCUT2D eigenvalue weighted by atomic mass is 10.0. The van der Waals surface area contributed by atoms with E-state index >= 15 is 0 Å². The molecule has 0 aromatic heterocycles. The van der Waals surface area contributed by atoms with E-state index in [0.29, 0.717) is 38.5 Å². The van der Waals surface area contributed by atoms with Crippen molar-refractivity contribution in [1.82, 2.24) is 5.32 Å². The van der Waals surface area contributed by atoms with Gasteiger partial charge in [0, 0.05) is 26.1 Å². The van der Waals surface area contributed by atoms with Gasteiger partial charge in [0.15, 0.2) is 6.61 Å². The zero-order chi connectivity index (χ0) is 13.6. The van der Waals surface area contributed by atoms with Crippen LogP contribution in [-0.4, -0.2) is 37.1 Å². The van der Waals surface area contributed by atoms with Crippen LogP contribution >= 0.6 is 0 Å². The lowest BCUT2D eigenvalue weighted by Crippen LogP contribution is -2.40. The molecule has 1 saturated heterocycles. The van der Waals surface area contributed by atoms with Crippen molar-refractivity contribution in [3.05, 3.63) is 29.8 Å². The summed E-state index contributed by atoms with van der Waals surface area (Å²) in [6, 6.07) is 9.50. The summed E-state index contributed by atoms with van der Waals surface area (Å²) in [5, 5.41) is 21.8. The van der Waals surface area contributed by atoms with E-state index in [9.17, 15) is 5.11 Å². The van der Waals surface area contributed by atoms with Crippen LogP contribution in [0.5, 0.6) is 5.75 Å². The number of nitriles is 1. The average Bonchev–Trinajstić information content (AvgIpc) is 2.84. The Kier molecular flexibility index (Phi) is 4.74. The van der Waals surface area contributed by atoms with Gasteiger partial charge in [0.1, 0.15) is 17.4 Å². The normalized spacial score (nSPS) is 22.1. The second kappa shape index (κ2) is 6.53. The molecule has 1 heterocycles. The molecule has 1 aromatic rings. The summed E-state index contributed by atoms with van der Waals surface area (Å²) in [5.41, 5.74) is 0.313. The second-order valence-corrected chi connectivity index (χ2v) is 4.72. The molecule has 1 unspecified atom stereocenters. The van der Waals surface area contributed by atoms with Gasteiger partial charge in [-0.05, 0) is 17.7 Å². The first kappa shape index (κ1) is 13.8. The molecule has 1 atom stereocenters. The molecule has 19 heavy (non-hydrogen) atoms. The average molecular weight is 262 g/mol. The third-order valence-electron chi connectivity index (χ3n) is 3.07. The van der Waals surface area contributed by atoms with Crippen molar-refractivity contribution in [3.63, 3.8) is 0 Å². The van der Waals surface area contributed by atoms with Gasteiger partial charge >= 0.3 is 0 Å². The predicted octanol–water partition coefficient (Wildman–Crippen LogP) is 0.830. The number of nitrogens with one attached hydrogen (secondary N) is 1. The van der Waals surface area contributed by atoms with E-state index in [-0.39, 0.29) is 6.61 Å². The fraction of sp³-hybridized carbons (Fsp3) is 0.500. The highest BCUT2D eigenvalue weighted by Crippen LogP contribution is 2.17. The van der Waals surface area contributed by atoms with Gasteiger partial charge in [0.2, 0.25) is 0 Å². The van der Waals surface area contributed by atoms with Crippen LogP contribution in [0.2, 0.25) is 0 Å². The van der Waals surface area contributed by atoms with Gasteiger partial charge in [-0.15, -0.1) is 0 Å². The van der Waals surface area contributed by atoms with Gasteiger partial charge in [0.05, 0.1) is 6.61 Å². The smallest absolute Gasteiger partial charge is 0.174 e. The monoisotopic (exact) mass is 262 g/mol. The lowest BCUT2D eigenvalue weighted by molar-refractivity contribution is 0.0268. The maximum Gasteiger partial charge on any atom is 0.174 e. The Morgan fingerprint density at radius 3 is 3.16 bits per heavy atom. The van der Waals surface area contributed by atoms with Crippen LogP contribution in [0, 0.1) is 11.3 Å². The second-order valence-electron chi connectivity index (χ2n) is 4.72. The molecule has 5 nitrogen and oxygen atoms in total. The number of benzene rings is 1. The van der Waals surface area contributed by atoms with Gasteiger partial charge in [-0.1, -0.05) is 12.1 Å². The van der Waals surface area contributed by atoms with Crippen LogP contribution in [-0.2, 0) is 11.3 Å². The quantitative estimate of drug-likeness (QED) is 0.794. The molecule has 0 radical (unpaired) electrons. The third kappa shape index (κ3) is 4.21. The van der Waals surface area contributed by atoms with Gasteiger partial charge in [0.25, 0.3) is 0 Å². The van der Waals surface area contributed by atoms with E-state index in [1.807, 2.05) is 30.3 Å². The lowest BCUT2D eigenvalue weighted by Gasteiger charge is -2.20. The van der Waals surface area contributed by atoms with Crippen LogP contribution in [0.1, 0.15) is 12.0 Å². The molecule has 0 bridgehead atoms. The number of hydrogen-bond acceptors (Lipinski definition) is 5. The van der Waals surface area contributed by atoms with Gasteiger partial charge < -0.3 is 19.9 Å². The Bertz CT molecular complexity index is 450. The first-order chi connectivity index (χ1) is 9.22. The number of aliphatic hydroxyl groups is 1. The van der Waals surface area contributed by atoms with Gasteiger partial charge in [-0.25, -0.2) is 0 Å². The summed E-state index contributed by atoms with van der Waals surface area (Å²) < 4.78 is 10.4. The molecule has 2 N–H and O–H groups in total. The molecule has 0 spiro atoms. The summed E-state index contributed by atoms with van der Waals surface area (Å²) in [5.74, 6) is 0.684. The van der Waals surface area contributed by atoms with E-state index in [1.54, 1.807) is 0 Å². The van der Waals surface area contributed by atoms with E-state index in [2.05, 4.69) is 5.32 Å². The van der Waals surface area contributed by atoms with Crippen LogP contribution in [0.25, 0.3) is 0 Å². The van der Waals surface area contributed by atoms with Crippen molar-refractivity contribution in [2.75, 3.05) is 26.4 Å². The topological polar surface area (TPSA) is 74.5 Å². The molecule has 1 fully saturated rings. The van der Waals surface area contributed by atoms with E-state index in [1.165, 1.54) is 0 Å². The summed E-state index contributed by atoms with van der Waals surface area (Å²) in [4.78, 5) is 0. The molecule has 2 rings (SSSR count). The third-order valence-corrected chi connectivity index (χ3v) is 3.07. The maximum atomic E-state index is 10.1. The van der Waals surface area contributed by atoms with E-state index < -0.39 is 5.60 Å². The molecule has 102 valence electrons. The Hall–Kier alpha value is -1.61. The molecule has 5 heteroatoms. The van der Waals surface area contributed by atoms with Crippen molar-refractivity contribution in [2.24, 2.45) is 0 Å². The van der Waals surface area contributed by atoms with Crippen molar-refractivity contribution in [2.45, 2.75) is 18.6 Å². The van der Waals surface area contributed by atoms with Crippen molar-refractivity contribution >= 4 is 0 Å². The molecule has 1 aliphatic rings. The Balaban J connectivity index is 1.80. The SMILES string of the molecule is N#CCOc1cccc(CNCC2(O)CCOC2)c1. The largest absolute Gasteiger partial charge is 0.479 e. The summed E-state index contributed by atoms with van der Waals surface area (Å²) >= 11 is 0.